The van der Waals surface area contributed by atoms with Gasteiger partial charge in [0, 0.05) is 39.2 Å². The van der Waals surface area contributed by atoms with Gasteiger partial charge in [0.05, 0.1) is 6.20 Å². The van der Waals surface area contributed by atoms with E-state index in [0.29, 0.717) is 11.7 Å². The third-order valence-electron chi connectivity index (χ3n) is 3.61. The van der Waals surface area contributed by atoms with Crippen molar-refractivity contribution >= 4 is 17.3 Å². The van der Waals surface area contributed by atoms with Crippen LogP contribution in [0, 0.1) is 5.92 Å². The van der Waals surface area contributed by atoms with Crippen LogP contribution in [0.1, 0.15) is 12.8 Å². The summed E-state index contributed by atoms with van der Waals surface area (Å²) in [6.07, 6.45) is 7.66. The van der Waals surface area contributed by atoms with Crippen LogP contribution >= 0.6 is 0 Å². The number of fused-ring (bicyclic) bond motifs is 1. The van der Waals surface area contributed by atoms with E-state index in [1.165, 1.54) is 0 Å². The Morgan fingerprint density at radius 2 is 2.26 bits per heavy atom. The molecule has 0 saturated carbocycles. The van der Waals surface area contributed by atoms with E-state index in [-0.39, 0.29) is 0 Å². The highest BCUT2D eigenvalue weighted by Gasteiger charge is 2.18. The minimum Gasteiger partial charge on any atom is -0.382 e. The van der Waals surface area contributed by atoms with E-state index in [0.717, 1.165) is 44.1 Å². The van der Waals surface area contributed by atoms with Gasteiger partial charge in [-0.15, -0.1) is 0 Å². The van der Waals surface area contributed by atoms with Crippen LogP contribution in [0.25, 0.3) is 5.65 Å². The Bertz CT molecular complexity index is 561. The SMILES string of the molecule is CN(CC1CCOCC1)c1nc(N)cn2ccnc12. The van der Waals surface area contributed by atoms with Crippen LogP contribution < -0.4 is 10.6 Å². The van der Waals surface area contributed by atoms with E-state index in [1.807, 2.05) is 17.6 Å². The van der Waals surface area contributed by atoms with Crippen molar-refractivity contribution < 1.29 is 4.74 Å². The molecule has 2 aromatic rings. The number of hydrogen-bond acceptors (Lipinski definition) is 5. The molecule has 3 rings (SSSR count). The number of ether oxygens (including phenoxy) is 1. The molecule has 1 fully saturated rings. The third-order valence-corrected chi connectivity index (χ3v) is 3.61. The molecule has 1 aliphatic rings. The second kappa shape index (κ2) is 5.05. The minimum atomic E-state index is 0.513. The standard InChI is InChI=1S/C13H19N5O/c1-17(8-10-2-6-19-7-3-10)13-12-15-4-5-18(12)9-11(14)16-13/h4-5,9-10H,2-3,6-8,14H2,1H3. The summed E-state index contributed by atoms with van der Waals surface area (Å²) < 4.78 is 7.31. The molecule has 0 radical (unpaired) electrons. The van der Waals surface area contributed by atoms with Crippen LogP contribution in [0.4, 0.5) is 11.6 Å². The number of nitrogen functional groups attached to an aromatic ring is 1. The second-order valence-corrected chi connectivity index (χ2v) is 5.08. The van der Waals surface area contributed by atoms with Gasteiger partial charge in [-0.3, -0.25) is 0 Å². The van der Waals surface area contributed by atoms with Gasteiger partial charge in [-0.1, -0.05) is 0 Å². The normalized spacial score (nSPS) is 16.9. The summed E-state index contributed by atoms with van der Waals surface area (Å²) in [6.45, 7) is 2.69. The molecule has 2 N–H and O–H groups in total. The van der Waals surface area contributed by atoms with Crippen molar-refractivity contribution in [2.45, 2.75) is 12.8 Å². The number of nitrogens with zero attached hydrogens (tertiary/aromatic N) is 4. The van der Waals surface area contributed by atoms with Crippen LogP contribution in [0.2, 0.25) is 0 Å². The zero-order chi connectivity index (χ0) is 13.2. The lowest BCUT2D eigenvalue weighted by molar-refractivity contribution is 0.0685. The Morgan fingerprint density at radius 3 is 3.05 bits per heavy atom. The number of rotatable bonds is 3. The Balaban J connectivity index is 1.83. The van der Waals surface area contributed by atoms with Crippen LogP contribution in [0.5, 0.6) is 0 Å². The molecule has 102 valence electrons. The molecule has 2 aromatic heterocycles. The molecule has 3 heterocycles. The molecule has 6 heteroatoms. The predicted octanol–water partition coefficient (Wildman–Crippen LogP) is 1.17. The molecule has 0 spiro atoms. The minimum absolute atomic E-state index is 0.513. The second-order valence-electron chi connectivity index (χ2n) is 5.08. The fraction of sp³-hybridized carbons (Fsp3) is 0.538. The molecule has 0 aliphatic carbocycles. The van der Waals surface area contributed by atoms with Crippen LogP contribution in [-0.4, -0.2) is 41.2 Å². The maximum absolute atomic E-state index is 5.85. The number of aromatic nitrogens is 3. The van der Waals surface area contributed by atoms with E-state index in [2.05, 4.69) is 14.9 Å². The lowest BCUT2D eigenvalue weighted by atomic mass is 10.00. The zero-order valence-electron chi connectivity index (χ0n) is 11.1. The van der Waals surface area contributed by atoms with Gasteiger partial charge in [-0.05, 0) is 18.8 Å². The number of nitrogens with two attached hydrogens (primary N) is 1. The summed E-state index contributed by atoms with van der Waals surface area (Å²) in [5.74, 6) is 2.01. The zero-order valence-corrected chi connectivity index (χ0v) is 11.1. The molecule has 0 bridgehead atoms. The Hall–Kier alpha value is -1.82. The molecule has 1 aliphatic heterocycles. The fourth-order valence-electron chi connectivity index (χ4n) is 2.59. The first-order chi connectivity index (χ1) is 9.24. The van der Waals surface area contributed by atoms with Crippen molar-refractivity contribution in [2.75, 3.05) is 37.4 Å². The quantitative estimate of drug-likeness (QED) is 0.898. The van der Waals surface area contributed by atoms with E-state index < -0.39 is 0 Å². The molecule has 1 saturated heterocycles. The number of hydrogen-bond donors (Lipinski definition) is 1. The maximum Gasteiger partial charge on any atom is 0.180 e. The first kappa shape index (κ1) is 12.2. The molecule has 6 nitrogen and oxygen atoms in total. The summed E-state index contributed by atoms with van der Waals surface area (Å²) >= 11 is 0. The lowest BCUT2D eigenvalue weighted by Crippen LogP contribution is -2.30. The average molecular weight is 261 g/mol. The molecular formula is C13H19N5O. The van der Waals surface area contributed by atoms with Crippen LogP contribution in [0.15, 0.2) is 18.6 Å². The molecular weight excluding hydrogens is 242 g/mol. The van der Waals surface area contributed by atoms with Crippen molar-refractivity contribution in [3.63, 3.8) is 0 Å². The summed E-state index contributed by atoms with van der Waals surface area (Å²) in [4.78, 5) is 10.9. The number of anilines is 2. The van der Waals surface area contributed by atoms with Gasteiger partial charge in [0.2, 0.25) is 0 Å². The van der Waals surface area contributed by atoms with E-state index in [4.69, 9.17) is 10.5 Å². The smallest absolute Gasteiger partial charge is 0.180 e. The highest BCUT2D eigenvalue weighted by atomic mass is 16.5. The van der Waals surface area contributed by atoms with Crippen molar-refractivity contribution in [2.24, 2.45) is 5.92 Å². The Kier molecular flexibility index (Phi) is 3.25. The summed E-state index contributed by atoms with van der Waals surface area (Å²) in [5, 5.41) is 0. The van der Waals surface area contributed by atoms with Gasteiger partial charge in [-0.25, -0.2) is 9.97 Å². The average Bonchev–Trinajstić information content (AvgIpc) is 2.86. The van der Waals surface area contributed by atoms with Crippen LogP contribution in [-0.2, 0) is 4.74 Å². The third kappa shape index (κ3) is 2.49. The van der Waals surface area contributed by atoms with Gasteiger partial charge in [0.15, 0.2) is 11.5 Å². The summed E-state index contributed by atoms with van der Waals surface area (Å²) in [5.41, 5.74) is 6.70. The van der Waals surface area contributed by atoms with E-state index >= 15 is 0 Å². The topological polar surface area (TPSA) is 68.7 Å². The Labute approximate surface area is 112 Å². The monoisotopic (exact) mass is 261 g/mol. The predicted molar refractivity (Wildman–Crippen MR) is 74.2 cm³/mol. The van der Waals surface area contributed by atoms with Crippen molar-refractivity contribution in [3.8, 4) is 0 Å². The first-order valence-electron chi connectivity index (χ1n) is 6.62. The van der Waals surface area contributed by atoms with Gasteiger partial charge in [0.25, 0.3) is 0 Å². The van der Waals surface area contributed by atoms with E-state index in [1.54, 1.807) is 12.4 Å². The highest BCUT2D eigenvalue weighted by Crippen LogP contribution is 2.22. The van der Waals surface area contributed by atoms with Gasteiger partial charge >= 0.3 is 0 Å². The largest absolute Gasteiger partial charge is 0.382 e. The number of imidazole rings is 1. The molecule has 0 aromatic carbocycles. The van der Waals surface area contributed by atoms with Crippen molar-refractivity contribution in [1.29, 1.82) is 0 Å². The van der Waals surface area contributed by atoms with E-state index in [9.17, 15) is 0 Å². The molecule has 19 heavy (non-hydrogen) atoms. The van der Waals surface area contributed by atoms with Crippen molar-refractivity contribution in [1.82, 2.24) is 14.4 Å². The summed E-state index contributed by atoms with van der Waals surface area (Å²) in [6, 6.07) is 0. The Morgan fingerprint density at radius 1 is 1.47 bits per heavy atom. The highest BCUT2D eigenvalue weighted by molar-refractivity contribution is 5.65. The molecule has 0 amide bonds. The lowest BCUT2D eigenvalue weighted by Gasteiger charge is -2.27. The summed E-state index contributed by atoms with van der Waals surface area (Å²) in [7, 11) is 2.05. The van der Waals surface area contributed by atoms with Gasteiger partial charge < -0.3 is 19.8 Å². The molecule has 0 unspecified atom stereocenters. The van der Waals surface area contributed by atoms with Gasteiger partial charge in [-0.2, -0.15) is 0 Å². The first-order valence-corrected chi connectivity index (χ1v) is 6.62. The van der Waals surface area contributed by atoms with Gasteiger partial charge in [0.1, 0.15) is 5.82 Å². The fourth-order valence-corrected chi connectivity index (χ4v) is 2.59. The maximum atomic E-state index is 5.85. The van der Waals surface area contributed by atoms with Crippen LogP contribution in [0.3, 0.4) is 0 Å². The molecule has 0 atom stereocenters. The van der Waals surface area contributed by atoms with Crippen molar-refractivity contribution in [3.05, 3.63) is 18.6 Å².